The summed E-state index contributed by atoms with van der Waals surface area (Å²) in [5.41, 5.74) is 2.18. The van der Waals surface area contributed by atoms with Crippen LogP contribution in [0.15, 0.2) is 40.9 Å². The summed E-state index contributed by atoms with van der Waals surface area (Å²) >= 11 is 9.54. The van der Waals surface area contributed by atoms with Gasteiger partial charge >= 0.3 is 0 Å². The van der Waals surface area contributed by atoms with E-state index in [9.17, 15) is 0 Å². The molecule has 106 valence electrons. The lowest BCUT2D eigenvalue weighted by Crippen LogP contribution is -2.12. The van der Waals surface area contributed by atoms with Crippen molar-refractivity contribution < 1.29 is 4.74 Å². The summed E-state index contributed by atoms with van der Waals surface area (Å²) in [6.45, 7) is 5.78. The van der Waals surface area contributed by atoms with Crippen molar-refractivity contribution in [2.45, 2.75) is 20.4 Å². The molecule has 2 nitrogen and oxygen atoms in total. The summed E-state index contributed by atoms with van der Waals surface area (Å²) in [6.07, 6.45) is 0. The van der Waals surface area contributed by atoms with Crippen molar-refractivity contribution in [3.63, 3.8) is 0 Å². The maximum Gasteiger partial charge on any atom is 0.133 e. The van der Waals surface area contributed by atoms with Gasteiger partial charge < -0.3 is 10.1 Å². The fraction of sp³-hybridized carbons (Fsp3) is 0.250. The molecular formula is C16H17BrClNO. The van der Waals surface area contributed by atoms with Gasteiger partial charge in [0.05, 0.1) is 0 Å². The highest BCUT2D eigenvalue weighted by molar-refractivity contribution is 9.10. The van der Waals surface area contributed by atoms with Gasteiger partial charge in [-0.1, -0.05) is 46.6 Å². The maximum atomic E-state index is 6.08. The lowest BCUT2D eigenvalue weighted by molar-refractivity contribution is 0.469. The second-order valence-electron chi connectivity index (χ2n) is 4.54. The Morgan fingerprint density at radius 3 is 2.70 bits per heavy atom. The predicted molar refractivity (Wildman–Crippen MR) is 87.8 cm³/mol. The van der Waals surface area contributed by atoms with Crippen LogP contribution < -0.4 is 10.1 Å². The third-order valence-corrected chi connectivity index (χ3v) is 3.69. The number of benzene rings is 2. The first-order valence-corrected chi connectivity index (χ1v) is 7.70. The number of aryl methyl sites for hydroxylation is 1. The maximum absolute atomic E-state index is 6.08. The molecule has 4 heteroatoms. The van der Waals surface area contributed by atoms with E-state index in [1.54, 1.807) is 0 Å². The van der Waals surface area contributed by atoms with Crippen LogP contribution in [0, 0.1) is 6.92 Å². The molecule has 0 saturated carbocycles. The van der Waals surface area contributed by atoms with Crippen LogP contribution in [0.5, 0.6) is 11.5 Å². The second-order valence-corrected chi connectivity index (χ2v) is 5.90. The molecular weight excluding hydrogens is 338 g/mol. The predicted octanol–water partition coefficient (Wildman–Crippen LogP) is 5.31. The van der Waals surface area contributed by atoms with Gasteiger partial charge in [-0.25, -0.2) is 0 Å². The quantitative estimate of drug-likeness (QED) is 0.785. The van der Waals surface area contributed by atoms with Crippen LogP contribution in [-0.2, 0) is 6.54 Å². The van der Waals surface area contributed by atoms with Gasteiger partial charge in [0.2, 0.25) is 0 Å². The minimum absolute atomic E-state index is 0.674. The van der Waals surface area contributed by atoms with Crippen LogP contribution in [0.25, 0.3) is 0 Å². The van der Waals surface area contributed by atoms with Gasteiger partial charge in [0.1, 0.15) is 11.5 Å². The molecule has 0 saturated heterocycles. The lowest BCUT2D eigenvalue weighted by Gasteiger charge is -2.14. The molecule has 0 aromatic heterocycles. The Hall–Kier alpha value is -1.03. The number of hydrogen-bond acceptors (Lipinski definition) is 2. The number of halogens is 2. The zero-order chi connectivity index (χ0) is 14.5. The molecule has 2 aromatic carbocycles. The van der Waals surface area contributed by atoms with E-state index in [-0.39, 0.29) is 0 Å². The Morgan fingerprint density at radius 1 is 1.15 bits per heavy atom. The van der Waals surface area contributed by atoms with Crippen molar-refractivity contribution in [3.05, 3.63) is 57.0 Å². The first-order chi connectivity index (χ1) is 9.60. The van der Waals surface area contributed by atoms with E-state index in [1.807, 2.05) is 43.3 Å². The summed E-state index contributed by atoms with van der Waals surface area (Å²) in [6, 6.07) is 11.7. The van der Waals surface area contributed by atoms with Gasteiger partial charge in [0.15, 0.2) is 0 Å². The number of ether oxygens (including phenoxy) is 1. The van der Waals surface area contributed by atoms with E-state index in [4.69, 9.17) is 16.3 Å². The van der Waals surface area contributed by atoms with E-state index < -0.39 is 0 Å². The summed E-state index contributed by atoms with van der Waals surface area (Å²) in [7, 11) is 0. The smallest absolute Gasteiger partial charge is 0.133 e. The first-order valence-electron chi connectivity index (χ1n) is 6.53. The summed E-state index contributed by atoms with van der Waals surface area (Å²) in [5.74, 6) is 1.62. The molecule has 1 N–H and O–H groups in total. The minimum atomic E-state index is 0.674. The van der Waals surface area contributed by atoms with Crippen molar-refractivity contribution in [2.75, 3.05) is 6.54 Å². The minimum Gasteiger partial charge on any atom is -0.457 e. The average molecular weight is 355 g/mol. The molecule has 2 rings (SSSR count). The number of rotatable bonds is 5. The highest BCUT2D eigenvalue weighted by atomic mass is 79.9. The summed E-state index contributed by atoms with van der Waals surface area (Å²) < 4.78 is 7.04. The van der Waals surface area contributed by atoms with Gasteiger partial charge in [-0.3, -0.25) is 0 Å². The zero-order valence-electron chi connectivity index (χ0n) is 11.5. The Kier molecular flexibility index (Phi) is 5.46. The van der Waals surface area contributed by atoms with Gasteiger partial charge in [-0.15, -0.1) is 0 Å². The van der Waals surface area contributed by atoms with Crippen LogP contribution >= 0.6 is 27.5 Å². The van der Waals surface area contributed by atoms with E-state index in [0.717, 1.165) is 40.2 Å². The monoisotopic (exact) mass is 353 g/mol. The van der Waals surface area contributed by atoms with E-state index in [1.165, 1.54) is 0 Å². The fourth-order valence-corrected chi connectivity index (χ4v) is 2.33. The molecule has 2 aromatic rings. The van der Waals surface area contributed by atoms with Gasteiger partial charge in [0, 0.05) is 21.6 Å². The SMILES string of the molecule is CCNCc1ccc(Cl)cc1Oc1cc(Br)ccc1C. The summed E-state index contributed by atoms with van der Waals surface area (Å²) in [4.78, 5) is 0. The third kappa shape index (κ3) is 3.98. The number of nitrogens with one attached hydrogen (secondary N) is 1. The molecule has 0 aliphatic carbocycles. The van der Waals surface area contributed by atoms with Crippen molar-refractivity contribution in [1.29, 1.82) is 0 Å². The average Bonchev–Trinajstić information content (AvgIpc) is 2.42. The van der Waals surface area contributed by atoms with Gasteiger partial charge in [0.25, 0.3) is 0 Å². The van der Waals surface area contributed by atoms with Gasteiger partial charge in [-0.05, 0) is 43.3 Å². The highest BCUT2D eigenvalue weighted by Crippen LogP contribution is 2.32. The van der Waals surface area contributed by atoms with Crippen molar-refractivity contribution >= 4 is 27.5 Å². The lowest BCUT2D eigenvalue weighted by atomic mass is 10.2. The van der Waals surface area contributed by atoms with E-state index >= 15 is 0 Å². The van der Waals surface area contributed by atoms with Crippen molar-refractivity contribution in [1.82, 2.24) is 5.32 Å². The van der Waals surface area contributed by atoms with Crippen molar-refractivity contribution in [3.8, 4) is 11.5 Å². The molecule has 0 aliphatic rings. The third-order valence-electron chi connectivity index (χ3n) is 2.96. The summed E-state index contributed by atoms with van der Waals surface area (Å²) in [5, 5.41) is 3.98. The molecule has 20 heavy (non-hydrogen) atoms. The Bertz CT molecular complexity index is 601. The Balaban J connectivity index is 2.31. The topological polar surface area (TPSA) is 21.3 Å². The van der Waals surface area contributed by atoms with Crippen LogP contribution in [-0.4, -0.2) is 6.54 Å². The van der Waals surface area contributed by atoms with Gasteiger partial charge in [-0.2, -0.15) is 0 Å². The van der Waals surface area contributed by atoms with E-state index in [2.05, 4.69) is 28.2 Å². The Labute approximate surface area is 133 Å². The largest absolute Gasteiger partial charge is 0.457 e. The van der Waals surface area contributed by atoms with Crippen LogP contribution in [0.2, 0.25) is 5.02 Å². The van der Waals surface area contributed by atoms with E-state index in [0.29, 0.717) is 5.02 Å². The molecule has 0 unspecified atom stereocenters. The van der Waals surface area contributed by atoms with Crippen LogP contribution in [0.1, 0.15) is 18.1 Å². The van der Waals surface area contributed by atoms with Crippen LogP contribution in [0.4, 0.5) is 0 Å². The zero-order valence-corrected chi connectivity index (χ0v) is 13.9. The highest BCUT2D eigenvalue weighted by Gasteiger charge is 2.08. The normalized spacial score (nSPS) is 10.6. The first kappa shape index (κ1) is 15.4. The molecule has 0 aliphatic heterocycles. The standard InChI is InChI=1S/C16H17BrClNO/c1-3-19-10-12-5-7-14(18)9-16(12)20-15-8-13(17)6-4-11(15)2/h4-9,19H,3,10H2,1-2H3. The Morgan fingerprint density at radius 2 is 1.95 bits per heavy atom. The molecule has 0 atom stereocenters. The molecule has 0 bridgehead atoms. The molecule has 0 amide bonds. The molecule has 0 spiro atoms. The molecule has 0 fully saturated rings. The van der Waals surface area contributed by atoms with Crippen molar-refractivity contribution in [2.24, 2.45) is 0 Å². The van der Waals surface area contributed by atoms with Crippen LogP contribution in [0.3, 0.4) is 0 Å². The molecule has 0 heterocycles. The fourth-order valence-electron chi connectivity index (χ4n) is 1.83. The second kappa shape index (κ2) is 7.11. The number of hydrogen-bond donors (Lipinski definition) is 1. The molecule has 0 radical (unpaired) electrons.